The van der Waals surface area contributed by atoms with Crippen LogP contribution in [0.2, 0.25) is 0 Å². The third kappa shape index (κ3) is 3.75. The molecule has 0 atom stereocenters. The predicted molar refractivity (Wildman–Crippen MR) is 110 cm³/mol. The van der Waals surface area contributed by atoms with Crippen LogP contribution in [0.15, 0.2) is 24.3 Å². The average Bonchev–Trinajstić information content (AvgIpc) is 3.27. The Labute approximate surface area is 166 Å². The van der Waals surface area contributed by atoms with Gasteiger partial charge in [-0.1, -0.05) is 25.2 Å². The zero-order chi connectivity index (χ0) is 19.0. The largest absolute Gasteiger partial charge is 0.497 e. The summed E-state index contributed by atoms with van der Waals surface area (Å²) >= 11 is 2.99. The highest BCUT2D eigenvalue weighted by atomic mass is 32.1. The highest BCUT2D eigenvalue weighted by Gasteiger charge is 2.22. The molecule has 1 N–H and O–H groups in total. The Balaban J connectivity index is 1.55. The number of thiophene rings is 1. The first-order valence-corrected chi connectivity index (χ1v) is 10.6. The molecular weight excluding hydrogens is 378 g/mol. The van der Waals surface area contributed by atoms with Crippen molar-refractivity contribution in [2.75, 3.05) is 12.4 Å². The summed E-state index contributed by atoms with van der Waals surface area (Å²) in [7, 11) is 1.68. The molecule has 3 aromatic rings. The van der Waals surface area contributed by atoms with Crippen LogP contribution in [0.4, 0.5) is 5.13 Å². The summed E-state index contributed by atoms with van der Waals surface area (Å²) in [5, 5.41) is 12.7. The molecule has 4 rings (SSSR count). The second-order valence-corrected chi connectivity index (χ2v) is 9.16. The maximum absolute atomic E-state index is 12.7. The Morgan fingerprint density at radius 1 is 1.19 bits per heavy atom. The first kappa shape index (κ1) is 18.1. The van der Waals surface area contributed by atoms with E-state index in [9.17, 15) is 4.79 Å². The summed E-state index contributed by atoms with van der Waals surface area (Å²) in [6.45, 7) is 4.28. The molecule has 0 saturated carbocycles. The summed E-state index contributed by atoms with van der Waals surface area (Å²) in [4.78, 5) is 14.6. The zero-order valence-electron chi connectivity index (χ0n) is 15.5. The van der Waals surface area contributed by atoms with Gasteiger partial charge in [-0.05, 0) is 59.7 Å². The lowest BCUT2D eigenvalue weighted by Gasteiger charge is -2.16. The topological polar surface area (TPSA) is 64.1 Å². The molecule has 140 valence electrons. The second kappa shape index (κ2) is 7.40. The van der Waals surface area contributed by atoms with E-state index in [0.717, 1.165) is 30.0 Å². The monoisotopic (exact) mass is 399 g/mol. The van der Waals surface area contributed by atoms with Gasteiger partial charge in [0.15, 0.2) is 0 Å². The average molecular weight is 400 g/mol. The Bertz CT molecular complexity index is 991. The van der Waals surface area contributed by atoms with E-state index in [4.69, 9.17) is 4.74 Å². The second-order valence-electron chi connectivity index (χ2n) is 7.04. The number of aromatic nitrogens is 2. The van der Waals surface area contributed by atoms with E-state index < -0.39 is 0 Å². The van der Waals surface area contributed by atoms with Crippen molar-refractivity contribution in [1.29, 1.82) is 0 Å². The Morgan fingerprint density at radius 2 is 2.00 bits per heavy atom. The van der Waals surface area contributed by atoms with E-state index in [2.05, 4.69) is 41.5 Å². The third-order valence-corrected chi connectivity index (χ3v) is 6.59. The fourth-order valence-electron chi connectivity index (χ4n) is 3.24. The molecule has 0 radical (unpaired) electrons. The molecule has 27 heavy (non-hydrogen) atoms. The minimum Gasteiger partial charge on any atom is -0.497 e. The third-order valence-electron chi connectivity index (χ3n) is 4.52. The van der Waals surface area contributed by atoms with Gasteiger partial charge in [0, 0.05) is 11.3 Å². The maximum Gasteiger partial charge on any atom is 0.267 e. The van der Waals surface area contributed by atoms with Gasteiger partial charge in [-0.15, -0.1) is 21.5 Å². The van der Waals surface area contributed by atoms with Crippen LogP contribution in [0, 0.1) is 5.92 Å². The number of rotatable bonds is 5. The minimum absolute atomic E-state index is 0.114. The van der Waals surface area contributed by atoms with Crippen LogP contribution in [0.5, 0.6) is 5.75 Å². The van der Waals surface area contributed by atoms with E-state index in [0.29, 0.717) is 15.9 Å². The van der Waals surface area contributed by atoms with E-state index >= 15 is 0 Å². The molecular formula is C20H21N3O2S2. The number of amides is 1. The summed E-state index contributed by atoms with van der Waals surface area (Å²) < 4.78 is 5.33. The molecule has 1 aromatic carbocycles. The van der Waals surface area contributed by atoms with E-state index in [1.807, 2.05) is 12.1 Å². The number of methoxy groups -OCH3 is 1. The van der Waals surface area contributed by atoms with Crippen LogP contribution in [-0.2, 0) is 19.3 Å². The van der Waals surface area contributed by atoms with Crippen LogP contribution in [0.25, 0.3) is 10.4 Å². The molecule has 2 heterocycles. The van der Waals surface area contributed by atoms with E-state index in [-0.39, 0.29) is 5.91 Å². The number of nitrogens with zero attached hydrogens (tertiary/aromatic N) is 2. The molecule has 5 nitrogen and oxygen atoms in total. The highest BCUT2D eigenvalue weighted by molar-refractivity contribution is 7.18. The lowest BCUT2D eigenvalue weighted by atomic mass is 9.91. The molecule has 2 aromatic heterocycles. The lowest BCUT2D eigenvalue weighted by Crippen LogP contribution is -2.09. The van der Waals surface area contributed by atoms with Crippen molar-refractivity contribution in [2.45, 2.75) is 33.1 Å². The van der Waals surface area contributed by atoms with Gasteiger partial charge in [0.2, 0.25) is 5.13 Å². The van der Waals surface area contributed by atoms with Crippen molar-refractivity contribution in [2.24, 2.45) is 5.92 Å². The lowest BCUT2D eigenvalue weighted by molar-refractivity contribution is 0.103. The minimum atomic E-state index is -0.114. The SMILES string of the molecule is COc1ccc2c(c1)CCc1cc(C(=O)Nc3nnc(CC(C)C)s3)sc1-2. The number of anilines is 1. The van der Waals surface area contributed by atoms with Crippen LogP contribution in [-0.4, -0.2) is 23.2 Å². The van der Waals surface area contributed by atoms with Gasteiger partial charge in [0.25, 0.3) is 5.91 Å². The summed E-state index contributed by atoms with van der Waals surface area (Å²) in [5.74, 6) is 1.28. The summed E-state index contributed by atoms with van der Waals surface area (Å²) in [6, 6.07) is 8.17. The molecule has 1 aliphatic rings. The molecule has 1 amide bonds. The number of hydrogen-bond acceptors (Lipinski definition) is 6. The van der Waals surface area contributed by atoms with Gasteiger partial charge in [0.05, 0.1) is 12.0 Å². The van der Waals surface area contributed by atoms with Crippen LogP contribution < -0.4 is 10.1 Å². The van der Waals surface area contributed by atoms with Crippen molar-refractivity contribution < 1.29 is 9.53 Å². The Kier molecular flexibility index (Phi) is 4.97. The number of hydrogen-bond donors (Lipinski definition) is 1. The fourth-order valence-corrected chi connectivity index (χ4v) is 5.36. The number of benzene rings is 1. The number of carbonyl (C=O) groups excluding carboxylic acids is 1. The van der Waals surface area contributed by atoms with Gasteiger partial charge in [-0.2, -0.15) is 0 Å². The van der Waals surface area contributed by atoms with Crippen molar-refractivity contribution in [3.63, 3.8) is 0 Å². The van der Waals surface area contributed by atoms with Crippen LogP contribution in [0.1, 0.15) is 39.7 Å². The number of nitrogens with one attached hydrogen (secondary N) is 1. The van der Waals surface area contributed by atoms with Crippen LogP contribution >= 0.6 is 22.7 Å². The molecule has 0 spiro atoms. The molecule has 0 aliphatic heterocycles. The molecule has 0 fully saturated rings. The number of fused-ring (bicyclic) bond motifs is 3. The Hall–Kier alpha value is -2.25. The molecule has 0 saturated heterocycles. The molecule has 1 aliphatic carbocycles. The predicted octanol–water partition coefficient (Wildman–Crippen LogP) is 4.82. The normalized spacial score (nSPS) is 12.6. The Morgan fingerprint density at radius 3 is 2.78 bits per heavy atom. The standard InChI is InChI=1S/C20H21N3O2S2/c1-11(2)8-17-22-23-20(27-17)21-19(24)16-10-13-5-4-12-9-14(25-3)6-7-15(12)18(13)26-16/h6-7,9-11H,4-5,8H2,1-3H3,(H,21,23,24). The van der Waals surface area contributed by atoms with Crippen molar-refractivity contribution >= 4 is 33.7 Å². The first-order chi connectivity index (χ1) is 13.0. The van der Waals surface area contributed by atoms with E-state index in [1.165, 1.54) is 44.2 Å². The first-order valence-electron chi connectivity index (χ1n) is 8.97. The van der Waals surface area contributed by atoms with Crippen molar-refractivity contribution in [3.8, 4) is 16.2 Å². The van der Waals surface area contributed by atoms with Gasteiger partial charge in [-0.25, -0.2) is 0 Å². The highest BCUT2D eigenvalue weighted by Crippen LogP contribution is 2.41. The van der Waals surface area contributed by atoms with Gasteiger partial charge >= 0.3 is 0 Å². The molecule has 0 bridgehead atoms. The summed E-state index contributed by atoms with van der Waals surface area (Å²) in [5.41, 5.74) is 3.72. The van der Waals surface area contributed by atoms with Crippen molar-refractivity contribution in [1.82, 2.24) is 10.2 Å². The van der Waals surface area contributed by atoms with Gasteiger partial charge < -0.3 is 4.74 Å². The number of ether oxygens (including phenoxy) is 1. The quantitative estimate of drug-likeness (QED) is 0.668. The number of aryl methyl sites for hydroxylation is 2. The maximum atomic E-state index is 12.7. The zero-order valence-corrected chi connectivity index (χ0v) is 17.2. The smallest absolute Gasteiger partial charge is 0.267 e. The van der Waals surface area contributed by atoms with Crippen molar-refractivity contribution in [3.05, 3.63) is 45.3 Å². The van der Waals surface area contributed by atoms with Gasteiger partial charge in [-0.3, -0.25) is 10.1 Å². The van der Waals surface area contributed by atoms with E-state index in [1.54, 1.807) is 7.11 Å². The number of carbonyl (C=O) groups is 1. The van der Waals surface area contributed by atoms with Gasteiger partial charge in [0.1, 0.15) is 10.8 Å². The molecule has 0 unspecified atom stereocenters. The fraction of sp³-hybridized carbons (Fsp3) is 0.350. The van der Waals surface area contributed by atoms with Crippen LogP contribution in [0.3, 0.4) is 0 Å². The molecule has 7 heteroatoms. The summed E-state index contributed by atoms with van der Waals surface area (Å²) in [6.07, 6.45) is 2.78.